The molecule has 0 spiro atoms. The van der Waals surface area contributed by atoms with Crippen molar-refractivity contribution in [3.05, 3.63) is 23.8 Å². The van der Waals surface area contributed by atoms with E-state index in [4.69, 9.17) is 0 Å². The lowest BCUT2D eigenvalue weighted by Gasteiger charge is -2.37. The number of likely N-dealkylation sites (N-methyl/N-ethyl adjacent to an activating group) is 1. The zero-order valence-electron chi connectivity index (χ0n) is 12.0. The molecule has 2 rings (SSSR count). The van der Waals surface area contributed by atoms with Crippen LogP contribution in [-0.4, -0.2) is 37.0 Å². The van der Waals surface area contributed by atoms with Crippen molar-refractivity contribution in [2.75, 3.05) is 30.8 Å². The van der Waals surface area contributed by atoms with Gasteiger partial charge in [0.1, 0.15) is 0 Å². The molecular formula is C15H23N3O. The fourth-order valence-corrected chi connectivity index (χ4v) is 2.31. The van der Waals surface area contributed by atoms with Gasteiger partial charge < -0.3 is 15.5 Å². The lowest BCUT2D eigenvalue weighted by Crippen LogP contribution is -2.52. The summed E-state index contributed by atoms with van der Waals surface area (Å²) in [7, 11) is 2.11. The molecule has 1 saturated heterocycles. The predicted molar refractivity (Wildman–Crippen MR) is 79.6 cm³/mol. The van der Waals surface area contributed by atoms with Crippen LogP contribution in [0.4, 0.5) is 11.4 Å². The van der Waals surface area contributed by atoms with Crippen LogP contribution in [0, 0.1) is 6.92 Å². The van der Waals surface area contributed by atoms with Crippen LogP contribution in [0.5, 0.6) is 0 Å². The van der Waals surface area contributed by atoms with Crippen LogP contribution in [0.25, 0.3) is 0 Å². The first kappa shape index (κ1) is 13.9. The highest BCUT2D eigenvalue weighted by Crippen LogP contribution is 2.22. The Labute approximate surface area is 115 Å². The van der Waals surface area contributed by atoms with E-state index in [0.29, 0.717) is 12.5 Å². The number of hydrogen-bond acceptors (Lipinski definition) is 3. The molecule has 0 radical (unpaired) electrons. The quantitative estimate of drug-likeness (QED) is 0.855. The zero-order chi connectivity index (χ0) is 13.8. The van der Waals surface area contributed by atoms with Crippen LogP contribution in [0.3, 0.4) is 0 Å². The first-order valence-electron chi connectivity index (χ1n) is 6.94. The van der Waals surface area contributed by atoms with Crippen molar-refractivity contribution >= 4 is 17.3 Å². The van der Waals surface area contributed by atoms with Crippen molar-refractivity contribution in [3.8, 4) is 0 Å². The monoisotopic (exact) mass is 261 g/mol. The second-order valence-electron chi connectivity index (χ2n) is 5.39. The lowest BCUT2D eigenvalue weighted by molar-refractivity contribution is -0.116. The van der Waals surface area contributed by atoms with Crippen LogP contribution >= 0.6 is 0 Å². The molecule has 1 fully saturated rings. The molecule has 104 valence electrons. The standard InChI is InChI=1S/C15H23N3O/c1-4-5-15(19)17-14-8-12(7-6-11(14)2)16-13-9-18(3)10-13/h6-8,13,16H,4-5,9-10H2,1-3H3,(H,17,19). The van der Waals surface area contributed by atoms with Gasteiger partial charge in [-0.15, -0.1) is 0 Å². The number of amides is 1. The maximum Gasteiger partial charge on any atom is 0.224 e. The van der Waals surface area contributed by atoms with E-state index in [9.17, 15) is 4.79 Å². The van der Waals surface area contributed by atoms with E-state index >= 15 is 0 Å². The molecule has 1 amide bonds. The van der Waals surface area contributed by atoms with Crippen LogP contribution < -0.4 is 10.6 Å². The number of rotatable bonds is 5. The van der Waals surface area contributed by atoms with E-state index < -0.39 is 0 Å². The third-order valence-electron chi connectivity index (χ3n) is 3.42. The fourth-order valence-electron chi connectivity index (χ4n) is 2.31. The van der Waals surface area contributed by atoms with Crippen molar-refractivity contribution in [2.45, 2.75) is 32.7 Å². The summed E-state index contributed by atoms with van der Waals surface area (Å²) in [5, 5.41) is 6.47. The van der Waals surface area contributed by atoms with Gasteiger partial charge in [0.15, 0.2) is 0 Å². The minimum atomic E-state index is 0.0890. The number of nitrogens with one attached hydrogen (secondary N) is 2. The normalized spacial score (nSPS) is 15.9. The highest BCUT2D eigenvalue weighted by molar-refractivity contribution is 5.92. The summed E-state index contributed by atoms with van der Waals surface area (Å²) in [4.78, 5) is 13.9. The number of hydrogen-bond donors (Lipinski definition) is 2. The molecule has 1 heterocycles. The summed E-state index contributed by atoms with van der Waals surface area (Å²) < 4.78 is 0. The van der Waals surface area contributed by atoms with E-state index in [1.54, 1.807) is 0 Å². The number of carbonyl (C=O) groups excluding carboxylic acids is 1. The maximum atomic E-state index is 11.7. The molecule has 0 atom stereocenters. The Morgan fingerprint density at radius 3 is 2.79 bits per heavy atom. The predicted octanol–water partition coefficient (Wildman–Crippen LogP) is 2.46. The van der Waals surface area contributed by atoms with E-state index in [2.05, 4.69) is 28.6 Å². The van der Waals surface area contributed by atoms with Gasteiger partial charge in [0.05, 0.1) is 6.04 Å². The second kappa shape index (κ2) is 6.06. The van der Waals surface area contributed by atoms with Crippen LogP contribution in [0.1, 0.15) is 25.3 Å². The zero-order valence-corrected chi connectivity index (χ0v) is 12.0. The van der Waals surface area contributed by atoms with E-state index in [1.807, 2.05) is 26.0 Å². The molecule has 4 nitrogen and oxygen atoms in total. The molecule has 0 bridgehead atoms. The molecule has 1 aromatic rings. The van der Waals surface area contributed by atoms with Crippen molar-refractivity contribution in [3.63, 3.8) is 0 Å². The smallest absolute Gasteiger partial charge is 0.224 e. The SMILES string of the molecule is CCCC(=O)Nc1cc(NC2CN(C)C2)ccc1C. The van der Waals surface area contributed by atoms with Crippen molar-refractivity contribution in [1.29, 1.82) is 0 Å². The van der Waals surface area contributed by atoms with Crippen LogP contribution in [0.15, 0.2) is 18.2 Å². The van der Waals surface area contributed by atoms with Gasteiger partial charge in [-0.2, -0.15) is 0 Å². The molecule has 19 heavy (non-hydrogen) atoms. The maximum absolute atomic E-state index is 11.7. The number of anilines is 2. The molecule has 0 unspecified atom stereocenters. The first-order valence-corrected chi connectivity index (χ1v) is 6.94. The first-order chi connectivity index (χ1) is 9.08. The summed E-state index contributed by atoms with van der Waals surface area (Å²) in [6, 6.07) is 6.67. The molecule has 4 heteroatoms. The van der Waals surface area contributed by atoms with Gasteiger partial charge in [-0.3, -0.25) is 4.79 Å². The number of likely N-dealkylation sites (tertiary alicyclic amines) is 1. The molecule has 0 aromatic heterocycles. The van der Waals surface area contributed by atoms with E-state index in [0.717, 1.165) is 36.4 Å². The summed E-state index contributed by atoms with van der Waals surface area (Å²) in [6.45, 7) is 6.18. The number of benzene rings is 1. The highest BCUT2D eigenvalue weighted by Gasteiger charge is 2.22. The van der Waals surface area contributed by atoms with Crippen LogP contribution in [0.2, 0.25) is 0 Å². The molecule has 1 aromatic carbocycles. The van der Waals surface area contributed by atoms with E-state index in [1.165, 1.54) is 0 Å². The number of aryl methyl sites for hydroxylation is 1. The average Bonchev–Trinajstić information content (AvgIpc) is 2.32. The third kappa shape index (κ3) is 3.70. The molecule has 0 aliphatic carbocycles. The molecule has 2 N–H and O–H groups in total. The molecule has 1 aliphatic rings. The van der Waals surface area contributed by atoms with Gasteiger partial charge >= 0.3 is 0 Å². The van der Waals surface area contributed by atoms with Gasteiger partial charge in [0, 0.05) is 30.9 Å². The van der Waals surface area contributed by atoms with Crippen LogP contribution in [-0.2, 0) is 4.79 Å². The van der Waals surface area contributed by atoms with E-state index in [-0.39, 0.29) is 5.91 Å². The largest absolute Gasteiger partial charge is 0.380 e. The Morgan fingerprint density at radius 2 is 2.16 bits per heavy atom. The number of carbonyl (C=O) groups is 1. The second-order valence-corrected chi connectivity index (χ2v) is 5.39. The van der Waals surface area contributed by atoms with Gasteiger partial charge in [-0.1, -0.05) is 13.0 Å². The minimum Gasteiger partial charge on any atom is -0.380 e. The summed E-state index contributed by atoms with van der Waals surface area (Å²) >= 11 is 0. The van der Waals surface area contributed by atoms with Crippen molar-refractivity contribution < 1.29 is 4.79 Å². The Hall–Kier alpha value is -1.55. The Balaban J connectivity index is 2.00. The lowest BCUT2D eigenvalue weighted by atomic mass is 10.1. The van der Waals surface area contributed by atoms with Gasteiger partial charge in [-0.25, -0.2) is 0 Å². The highest BCUT2D eigenvalue weighted by atomic mass is 16.1. The summed E-state index contributed by atoms with van der Waals surface area (Å²) in [5.74, 6) is 0.0890. The Morgan fingerprint density at radius 1 is 1.42 bits per heavy atom. The Bertz CT molecular complexity index is 453. The van der Waals surface area contributed by atoms with Crippen molar-refractivity contribution in [1.82, 2.24) is 4.90 Å². The van der Waals surface area contributed by atoms with Gasteiger partial charge in [0.25, 0.3) is 0 Å². The molecule has 1 aliphatic heterocycles. The third-order valence-corrected chi connectivity index (χ3v) is 3.42. The summed E-state index contributed by atoms with van der Waals surface area (Å²) in [6.07, 6.45) is 1.45. The topological polar surface area (TPSA) is 44.4 Å². The molecular weight excluding hydrogens is 238 g/mol. The van der Waals surface area contributed by atoms with Gasteiger partial charge in [0.2, 0.25) is 5.91 Å². The minimum absolute atomic E-state index is 0.0890. The fraction of sp³-hybridized carbons (Fsp3) is 0.533. The summed E-state index contributed by atoms with van der Waals surface area (Å²) in [5.41, 5.74) is 3.09. The van der Waals surface area contributed by atoms with Gasteiger partial charge in [-0.05, 0) is 38.1 Å². The Kier molecular flexibility index (Phi) is 4.43. The number of nitrogens with zero attached hydrogens (tertiary/aromatic N) is 1. The van der Waals surface area contributed by atoms with Crippen molar-refractivity contribution in [2.24, 2.45) is 0 Å². The average molecular weight is 261 g/mol. The molecule has 0 saturated carbocycles.